The number of carbonyl (C=O) groups excluding carboxylic acids is 1. The molecule has 2 aliphatic rings. The molecule has 1 heterocycles. The topological polar surface area (TPSA) is 66.4 Å². The Morgan fingerprint density at radius 2 is 2.36 bits per heavy atom. The highest BCUT2D eigenvalue weighted by atomic mass is 16.4. The molecule has 2 N–H and O–H groups in total. The first kappa shape index (κ1) is 6.79. The Balaban J connectivity index is 2.09. The van der Waals surface area contributed by atoms with Gasteiger partial charge in [0.25, 0.3) is 0 Å². The summed E-state index contributed by atoms with van der Waals surface area (Å²) in [6, 6.07) is -0.474. The molecule has 1 saturated carbocycles. The average Bonchev–Trinajstić information content (AvgIpc) is 2.25. The first-order valence-electron chi connectivity index (χ1n) is 3.69. The van der Waals surface area contributed by atoms with Gasteiger partial charge in [-0.25, -0.2) is 0 Å². The van der Waals surface area contributed by atoms with E-state index >= 15 is 0 Å². The lowest BCUT2D eigenvalue weighted by atomic mass is 9.72. The van der Waals surface area contributed by atoms with E-state index in [1.807, 2.05) is 0 Å². The van der Waals surface area contributed by atoms with Crippen LogP contribution >= 0.6 is 0 Å². The summed E-state index contributed by atoms with van der Waals surface area (Å²) < 4.78 is 0. The van der Waals surface area contributed by atoms with Gasteiger partial charge in [0.1, 0.15) is 11.8 Å². The Morgan fingerprint density at radius 1 is 1.64 bits per heavy atom. The fraction of sp³-hybridized carbons (Fsp3) is 0.714. The van der Waals surface area contributed by atoms with E-state index in [1.54, 1.807) is 0 Å². The SMILES string of the molecule is O=C1C[C@@H]2[C@@H]1CN[C@@H]2C(=O)O. The van der Waals surface area contributed by atoms with Crippen LogP contribution in [0.4, 0.5) is 0 Å². The van der Waals surface area contributed by atoms with Crippen molar-refractivity contribution >= 4 is 11.8 Å². The molecule has 4 heteroatoms. The Kier molecular flexibility index (Phi) is 1.26. The zero-order valence-corrected chi connectivity index (χ0v) is 5.91. The Bertz CT molecular complexity index is 226. The van der Waals surface area contributed by atoms with Crippen LogP contribution in [0, 0.1) is 11.8 Å². The molecule has 0 aromatic rings. The second-order valence-electron chi connectivity index (χ2n) is 3.16. The van der Waals surface area contributed by atoms with Gasteiger partial charge in [-0.15, -0.1) is 0 Å². The third-order valence-electron chi connectivity index (χ3n) is 2.62. The van der Waals surface area contributed by atoms with Gasteiger partial charge in [0.15, 0.2) is 0 Å². The summed E-state index contributed by atoms with van der Waals surface area (Å²) in [5.74, 6) is -0.549. The molecule has 0 aromatic carbocycles. The van der Waals surface area contributed by atoms with E-state index in [2.05, 4.69) is 5.32 Å². The number of Topliss-reactive ketones (excluding diaryl/α,β-unsaturated/α-hetero) is 1. The summed E-state index contributed by atoms with van der Waals surface area (Å²) in [4.78, 5) is 21.4. The molecule has 60 valence electrons. The number of nitrogens with one attached hydrogen (secondary N) is 1. The second-order valence-corrected chi connectivity index (χ2v) is 3.16. The maximum atomic E-state index is 10.8. The number of fused-ring (bicyclic) bond motifs is 1. The van der Waals surface area contributed by atoms with E-state index in [0.29, 0.717) is 13.0 Å². The first-order chi connectivity index (χ1) is 5.20. The lowest BCUT2D eigenvalue weighted by Crippen LogP contribution is -2.43. The monoisotopic (exact) mass is 155 g/mol. The van der Waals surface area contributed by atoms with Crippen LogP contribution in [0.1, 0.15) is 6.42 Å². The van der Waals surface area contributed by atoms with Gasteiger partial charge in [-0.05, 0) is 0 Å². The van der Waals surface area contributed by atoms with Gasteiger partial charge in [0.05, 0.1) is 0 Å². The summed E-state index contributed by atoms with van der Waals surface area (Å²) >= 11 is 0. The molecule has 0 aromatic heterocycles. The quantitative estimate of drug-likeness (QED) is 0.522. The highest BCUT2D eigenvalue weighted by Crippen LogP contribution is 2.37. The third kappa shape index (κ3) is 0.790. The number of carboxylic acids is 1. The number of hydrogen-bond acceptors (Lipinski definition) is 3. The van der Waals surface area contributed by atoms with E-state index in [4.69, 9.17) is 5.11 Å². The largest absolute Gasteiger partial charge is 0.480 e. The number of aliphatic carboxylic acids is 1. The number of hydrogen-bond donors (Lipinski definition) is 2. The summed E-state index contributed by atoms with van der Waals surface area (Å²) in [6.45, 7) is 0.556. The molecule has 0 spiro atoms. The lowest BCUT2D eigenvalue weighted by molar-refractivity contribution is -0.143. The van der Waals surface area contributed by atoms with Gasteiger partial charge in [-0.1, -0.05) is 0 Å². The fourth-order valence-electron chi connectivity index (χ4n) is 1.90. The van der Waals surface area contributed by atoms with Crippen molar-refractivity contribution in [3.05, 3.63) is 0 Å². The van der Waals surface area contributed by atoms with Crippen molar-refractivity contribution in [1.82, 2.24) is 5.32 Å². The molecule has 0 amide bonds. The zero-order valence-electron chi connectivity index (χ0n) is 5.91. The highest BCUT2D eigenvalue weighted by Gasteiger charge is 2.51. The van der Waals surface area contributed by atoms with Crippen LogP contribution in [0.3, 0.4) is 0 Å². The summed E-state index contributed by atoms with van der Waals surface area (Å²) in [7, 11) is 0. The predicted molar refractivity (Wildman–Crippen MR) is 36.0 cm³/mol. The molecule has 0 radical (unpaired) electrons. The zero-order chi connectivity index (χ0) is 8.01. The summed E-state index contributed by atoms with van der Waals surface area (Å²) in [5, 5.41) is 11.5. The van der Waals surface area contributed by atoms with Crippen LogP contribution in [0.5, 0.6) is 0 Å². The van der Waals surface area contributed by atoms with Crippen LogP contribution in [-0.2, 0) is 9.59 Å². The number of rotatable bonds is 1. The highest BCUT2D eigenvalue weighted by molar-refractivity contribution is 5.91. The van der Waals surface area contributed by atoms with Crippen molar-refractivity contribution in [2.75, 3.05) is 6.54 Å². The van der Waals surface area contributed by atoms with Crippen LogP contribution in [0.25, 0.3) is 0 Å². The minimum Gasteiger partial charge on any atom is -0.480 e. The van der Waals surface area contributed by atoms with Crippen molar-refractivity contribution in [3.63, 3.8) is 0 Å². The number of carbonyl (C=O) groups is 2. The smallest absolute Gasteiger partial charge is 0.321 e. The molecule has 0 unspecified atom stereocenters. The van der Waals surface area contributed by atoms with Gasteiger partial charge in [0.2, 0.25) is 0 Å². The van der Waals surface area contributed by atoms with Crippen molar-refractivity contribution in [1.29, 1.82) is 0 Å². The molecule has 1 aliphatic carbocycles. The van der Waals surface area contributed by atoms with E-state index in [1.165, 1.54) is 0 Å². The van der Waals surface area contributed by atoms with Crippen LogP contribution in [-0.4, -0.2) is 29.4 Å². The fourth-order valence-corrected chi connectivity index (χ4v) is 1.90. The third-order valence-corrected chi connectivity index (χ3v) is 2.62. The van der Waals surface area contributed by atoms with Crippen molar-refractivity contribution in [2.45, 2.75) is 12.5 Å². The molecule has 2 fully saturated rings. The van der Waals surface area contributed by atoms with E-state index in [0.717, 1.165) is 0 Å². The molecular weight excluding hydrogens is 146 g/mol. The van der Waals surface area contributed by atoms with Crippen molar-refractivity contribution < 1.29 is 14.7 Å². The first-order valence-corrected chi connectivity index (χ1v) is 3.69. The number of ketones is 1. The van der Waals surface area contributed by atoms with E-state index in [9.17, 15) is 9.59 Å². The van der Waals surface area contributed by atoms with Gasteiger partial charge in [0, 0.05) is 24.8 Å². The Labute approximate surface area is 63.6 Å². The van der Waals surface area contributed by atoms with E-state index < -0.39 is 12.0 Å². The predicted octanol–water partition coefficient (Wildman–Crippen LogP) is -0.752. The molecule has 0 bridgehead atoms. The Hall–Kier alpha value is -0.900. The normalized spacial score (nSPS) is 41.5. The minimum atomic E-state index is -0.829. The molecule has 11 heavy (non-hydrogen) atoms. The molecular formula is C7H9NO3. The average molecular weight is 155 g/mol. The maximum absolute atomic E-state index is 10.8. The molecule has 1 saturated heterocycles. The van der Waals surface area contributed by atoms with Crippen molar-refractivity contribution in [3.8, 4) is 0 Å². The number of carboxylic acid groups (broad SMARTS) is 1. The molecule has 1 aliphatic heterocycles. The van der Waals surface area contributed by atoms with Crippen LogP contribution < -0.4 is 5.32 Å². The van der Waals surface area contributed by atoms with Gasteiger partial charge >= 0.3 is 5.97 Å². The van der Waals surface area contributed by atoms with Gasteiger partial charge < -0.3 is 10.4 Å². The van der Waals surface area contributed by atoms with E-state index in [-0.39, 0.29) is 17.6 Å². The van der Waals surface area contributed by atoms with Crippen molar-refractivity contribution in [2.24, 2.45) is 11.8 Å². The van der Waals surface area contributed by atoms with Crippen LogP contribution in [0.15, 0.2) is 0 Å². The van der Waals surface area contributed by atoms with Gasteiger partial charge in [-0.3, -0.25) is 9.59 Å². The molecule has 3 atom stereocenters. The van der Waals surface area contributed by atoms with Gasteiger partial charge in [-0.2, -0.15) is 0 Å². The van der Waals surface area contributed by atoms with Crippen LogP contribution in [0.2, 0.25) is 0 Å². The maximum Gasteiger partial charge on any atom is 0.321 e. The lowest BCUT2D eigenvalue weighted by Gasteiger charge is -2.29. The minimum absolute atomic E-state index is 0.00361. The summed E-state index contributed by atoms with van der Waals surface area (Å²) in [6.07, 6.45) is 0.453. The second kappa shape index (κ2) is 2.04. The molecule has 4 nitrogen and oxygen atoms in total. The summed E-state index contributed by atoms with van der Waals surface area (Å²) in [5.41, 5.74) is 0. The molecule has 2 rings (SSSR count). The Morgan fingerprint density at radius 3 is 2.82 bits per heavy atom. The standard InChI is InChI=1S/C7H9NO3/c9-5-1-3-4(5)2-8-6(3)7(10)11/h3-4,6,8H,1-2H2,(H,10,11)/t3-,4+,6+/m1/s1.